The maximum Gasteiger partial charge on any atom is 0.326 e. The van der Waals surface area contributed by atoms with E-state index >= 15 is 0 Å². The summed E-state index contributed by atoms with van der Waals surface area (Å²) in [6, 6.07) is 10.8. The Balaban J connectivity index is 1.72. The average Bonchev–Trinajstić information content (AvgIpc) is 2.70. The maximum absolute atomic E-state index is 12.1. The molecule has 3 N–H and O–H groups in total. The molecule has 0 saturated carbocycles. The van der Waals surface area contributed by atoms with Crippen LogP contribution < -0.4 is 16.0 Å². The molecule has 0 saturated heterocycles. The molecule has 0 heterocycles. The van der Waals surface area contributed by atoms with Crippen molar-refractivity contribution in [1.82, 2.24) is 10.6 Å². The molecule has 0 fully saturated rings. The smallest absolute Gasteiger partial charge is 0.326 e. The van der Waals surface area contributed by atoms with E-state index in [1.54, 1.807) is 24.3 Å². The summed E-state index contributed by atoms with van der Waals surface area (Å²) >= 11 is 17.5. The van der Waals surface area contributed by atoms with Gasteiger partial charge in [0.05, 0.1) is 17.1 Å². The van der Waals surface area contributed by atoms with Gasteiger partial charge < -0.3 is 20.7 Å². The number of hydrogen-bond donors (Lipinski definition) is 3. The first kappa shape index (κ1) is 24.5. The second kappa shape index (κ2) is 11.5. The molecule has 0 spiro atoms. The van der Waals surface area contributed by atoms with Gasteiger partial charge in [-0.25, -0.2) is 0 Å². The van der Waals surface area contributed by atoms with Crippen molar-refractivity contribution < 1.29 is 23.9 Å². The summed E-state index contributed by atoms with van der Waals surface area (Å²) in [7, 11) is 0. The monoisotopic (exact) mass is 485 g/mol. The number of anilines is 1. The van der Waals surface area contributed by atoms with E-state index in [9.17, 15) is 19.2 Å². The lowest BCUT2D eigenvalue weighted by Gasteiger charge is -2.14. The number of halogens is 3. The standard InChI is InChI=1S/C20H18Cl3N3O5/c1-11(19(29)26-14-4-2-3-12(21)7-14)31-18(28)10-24-17(27)9-25-20(30)15-6-5-13(22)8-16(15)23/h2-8,11H,9-10H2,1H3,(H,24,27)(H,25,30)(H,26,29)/t11-/m1/s1. The third kappa shape index (κ3) is 8.09. The van der Waals surface area contributed by atoms with Crippen LogP contribution in [0.3, 0.4) is 0 Å². The van der Waals surface area contributed by atoms with Crippen molar-refractivity contribution in [1.29, 1.82) is 0 Å². The Morgan fingerprint density at radius 2 is 1.65 bits per heavy atom. The highest BCUT2D eigenvalue weighted by atomic mass is 35.5. The quantitative estimate of drug-likeness (QED) is 0.496. The molecule has 2 aromatic rings. The molecule has 0 bridgehead atoms. The zero-order valence-corrected chi connectivity index (χ0v) is 18.5. The van der Waals surface area contributed by atoms with Crippen molar-refractivity contribution >= 4 is 64.2 Å². The first-order chi connectivity index (χ1) is 14.7. The number of nitrogens with one attached hydrogen (secondary N) is 3. The Kier molecular flexibility index (Phi) is 9.11. The predicted molar refractivity (Wildman–Crippen MR) is 117 cm³/mol. The summed E-state index contributed by atoms with van der Waals surface area (Å²) in [5.41, 5.74) is 0.600. The van der Waals surface area contributed by atoms with E-state index in [0.29, 0.717) is 15.7 Å². The lowest BCUT2D eigenvalue weighted by Crippen LogP contribution is -2.40. The summed E-state index contributed by atoms with van der Waals surface area (Å²) in [5, 5.41) is 8.15. The molecule has 0 aromatic heterocycles. The normalized spacial score (nSPS) is 11.2. The van der Waals surface area contributed by atoms with E-state index in [-0.39, 0.29) is 10.6 Å². The Morgan fingerprint density at radius 3 is 2.32 bits per heavy atom. The molecule has 1 atom stereocenters. The Morgan fingerprint density at radius 1 is 0.935 bits per heavy atom. The van der Waals surface area contributed by atoms with E-state index < -0.39 is 42.9 Å². The second-order valence-corrected chi connectivity index (χ2v) is 7.50. The van der Waals surface area contributed by atoms with Crippen molar-refractivity contribution in [2.24, 2.45) is 0 Å². The minimum atomic E-state index is -1.10. The van der Waals surface area contributed by atoms with Gasteiger partial charge in [-0.3, -0.25) is 19.2 Å². The van der Waals surface area contributed by atoms with E-state index in [0.717, 1.165) is 0 Å². The van der Waals surface area contributed by atoms with Crippen molar-refractivity contribution in [3.05, 3.63) is 63.1 Å². The molecule has 0 aliphatic rings. The Bertz CT molecular complexity index is 1000. The molecular weight excluding hydrogens is 469 g/mol. The van der Waals surface area contributed by atoms with Gasteiger partial charge in [-0.15, -0.1) is 0 Å². The van der Waals surface area contributed by atoms with Gasteiger partial charge in [-0.05, 0) is 43.3 Å². The van der Waals surface area contributed by atoms with E-state index in [4.69, 9.17) is 39.5 Å². The van der Waals surface area contributed by atoms with E-state index in [1.807, 2.05) is 0 Å². The molecule has 0 unspecified atom stereocenters. The fourth-order valence-corrected chi connectivity index (χ4v) is 2.95. The molecule has 0 aliphatic carbocycles. The molecule has 11 heteroatoms. The zero-order valence-electron chi connectivity index (χ0n) is 16.2. The number of amides is 3. The number of esters is 1. The number of carbonyl (C=O) groups is 4. The summed E-state index contributed by atoms with van der Waals surface area (Å²) in [5.74, 6) is -2.60. The van der Waals surface area contributed by atoms with Crippen LogP contribution in [-0.2, 0) is 19.1 Å². The molecule has 2 rings (SSSR count). The minimum Gasteiger partial charge on any atom is -0.451 e. The van der Waals surface area contributed by atoms with Crippen molar-refractivity contribution in [2.45, 2.75) is 13.0 Å². The van der Waals surface area contributed by atoms with Gasteiger partial charge in [-0.2, -0.15) is 0 Å². The van der Waals surface area contributed by atoms with Crippen LogP contribution in [0.5, 0.6) is 0 Å². The van der Waals surface area contributed by atoms with E-state index in [2.05, 4.69) is 16.0 Å². The van der Waals surface area contributed by atoms with Crippen LogP contribution in [0.15, 0.2) is 42.5 Å². The highest BCUT2D eigenvalue weighted by Crippen LogP contribution is 2.20. The summed E-state index contributed by atoms with van der Waals surface area (Å²) < 4.78 is 4.97. The summed E-state index contributed by atoms with van der Waals surface area (Å²) in [4.78, 5) is 47.8. The van der Waals surface area contributed by atoms with Crippen molar-refractivity contribution in [3.8, 4) is 0 Å². The van der Waals surface area contributed by atoms with Crippen LogP contribution in [0.2, 0.25) is 15.1 Å². The lowest BCUT2D eigenvalue weighted by atomic mass is 10.2. The number of rotatable bonds is 8. The van der Waals surface area contributed by atoms with Crippen LogP contribution in [0.25, 0.3) is 0 Å². The molecule has 8 nitrogen and oxygen atoms in total. The van der Waals surface area contributed by atoms with E-state index in [1.165, 1.54) is 25.1 Å². The summed E-state index contributed by atoms with van der Waals surface area (Å²) in [6.07, 6.45) is -1.10. The third-order valence-corrected chi connectivity index (χ3v) is 4.57. The molecule has 0 aliphatic heterocycles. The largest absolute Gasteiger partial charge is 0.451 e. The highest BCUT2D eigenvalue weighted by Gasteiger charge is 2.19. The van der Waals surface area contributed by atoms with Gasteiger partial charge in [0.2, 0.25) is 5.91 Å². The molecule has 2 aromatic carbocycles. The molecule has 164 valence electrons. The SMILES string of the molecule is C[C@@H](OC(=O)CNC(=O)CNC(=O)c1ccc(Cl)cc1Cl)C(=O)Nc1cccc(Cl)c1. The van der Waals surface area contributed by atoms with Crippen LogP contribution in [0.1, 0.15) is 17.3 Å². The van der Waals surface area contributed by atoms with Gasteiger partial charge in [0.25, 0.3) is 11.8 Å². The topological polar surface area (TPSA) is 114 Å². The van der Waals surface area contributed by atoms with Gasteiger partial charge in [0, 0.05) is 15.7 Å². The number of hydrogen-bond acceptors (Lipinski definition) is 5. The lowest BCUT2D eigenvalue weighted by molar-refractivity contribution is -0.152. The van der Waals surface area contributed by atoms with Crippen molar-refractivity contribution in [2.75, 3.05) is 18.4 Å². The molecular formula is C20H18Cl3N3O5. The highest BCUT2D eigenvalue weighted by molar-refractivity contribution is 6.36. The first-order valence-corrected chi connectivity index (χ1v) is 10.0. The Labute approximate surface area is 193 Å². The average molecular weight is 487 g/mol. The number of carbonyl (C=O) groups excluding carboxylic acids is 4. The first-order valence-electron chi connectivity index (χ1n) is 8.91. The van der Waals surface area contributed by atoms with Crippen LogP contribution >= 0.6 is 34.8 Å². The predicted octanol–water partition coefficient (Wildman–Crippen LogP) is 3.06. The van der Waals surface area contributed by atoms with Crippen LogP contribution in [0.4, 0.5) is 5.69 Å². The minimum absolute atomic E-state index is 0.138. The molecule has 3 amide bonds. The maximum atomic E-state index is 12.1. The third-order valence-electron chi connectivity index (χ3n) is 3.78. The number of ether oxygens (including phenoxy) is 1. The van der Waals surface area contributed by atoms with Gasteiger partial charge in [0.1, 0.15) is 6.54 Å². The fraction of sp³-hybridized carbons (Fsp3) is 0.200. The van der Waals surface area contributed by atoms with Gasteiger partial charge in [0.15, 0.2) is 6.10 Å². The van der Waals surface area contributed by atoms with Gasteiger partial charge >= 0.3 is 5.97 Å². The second-order valence-electron chi connectivity index (χ2n) is 6.22. The van der Waals surface area contributed by atoms with Crippen LogP contribution in [-0.4, -0.2) is 42.9 Å². The van der Waals surface area contributed by atoms with Gasteiger partial charge in [-0.1, -0.05) is 40.9 Å². The zero-order chi connectivity index (χ0) is 23.0. The molecule has 31 heavy (non-hydrogen) atoms. The fourth-order valence-electron chi connectivity index (χ4n) is 2.27. The number of benzene rings is 2. The van der Waals surface area contributed by atoms with Crippen LogP contribution in [0, 0.1) is 0 Å². The Hall–Kier alpha value is -2.81. The van der Waals surface area contributed by atoms with Crippen molar-refractivity contribution in [3.63, 3.8) is 0 Å². The summed E-state index contributed by atoms with van der Waals surface area (Å²) in [6.45, 7) is 0.511. The molecule has 0 radical (unpaired) electrons.